The second kappa shape index (κ2) is 8.09. The molecule has 2 heterocycles. The molecular formula is C22H31N3OS. The van der Waals surface area contributed by atoms with Crippen molar-refractivity contribution in [2.75, 3.05) is 12.8 Å². The first-order valence-corrected chi connectivity index (χ1v) is 11.1. The summed E-state index contributed by atoms with van der Waals surface area (Å²) >= 11 is 1.61. The van der Waals surface area contributed by atoms with E-state index in [4.69, 9.17) is 0 Å². The molecule has 0 saturated carbocycles. The Morgan fingerprint density at radius 3 is 2.59 bits per heavy atom. The van der Waals surface area contributed by atoms with Crippen molar-refractivity contribution in [3.8, 4) is 11.3 Å². The highest BCUT2D eigenvalue weighted by atomic mass is 32.2. The number of piperidine rings is 1. The zero-order valence-corrected chi connectivity index (χ0v) is 17.9. The molecule has 146 valence electrons. The summed E-state index contributed by atoms with van der Waals surface area (Å²) in [5.41, 5.74) is 3.62. The maximum absolute atomic E-state index is 12.8. The molecular weight excluding hydrogens is 354 g/mol. The van der Waals surface area contributed by atoms with Crippen LogP contribution in [0.25, 0.3) is 11.3 Å². The first kappa shape index (κ1) is 20.0. The van der Waals surface area contributed by atoms with Crippen LogP contribution < -0.4 is 0 Å². The van der Waals surface area contributed by atoms with Gasteiger partial charge in [-0.3, -0.25) is 4.79 Å². The monoisotopic (exact) mass is 385 g/mol. The third kappa shape index (κ3) is 4.40. The van der Waals surface area contributed by atoms with Gasteiger partial charge in [-0.1, -0.05) is 45.0 Å². The van der Waals surface area contributed by atoms with Crippen LogP contribution in [-0.2, 0) is 10.2 Å². The molecule has 5 heteroatoms. The van der Waals surface area contributed by atoms with E-state index in [0.717, 1.165) is 42.9 Å². The van der Waals surface area contributed by atoms with Gasteiger partial charge in [-0.05, 0) is 49.0 Å². The largest absolute Gasteiger partial charge is 0.340 e. The molecule has 4 nitrogen and oxygen atoms in total. The smallest absolute Gasteiger partial charge is 0.236 e. The van der Waals surface area contributed by atoms with Crippen LogP contribution in [0.4, 0.5) is 0 Å². The van der Waals surface area contributed by atoms with Gasteiger partial charge in [0.2, 0.25) is 5.91 Å². The van der Waals surface area contributed by atoms with Crippen molar-refractivity contribution >= 4 is 17.7 Å². The number of H-pyrrole nitrogens is 1. The first-order chi connectivity index (χ1) is 12.8. The quantitative estimate of drug-likeness (QED) is 0.789. The number of rotatable bonds is 4. The number of imidazole rings is 1. The molecule has 2 unspecified atom stereocenters. The average molecular weight is 386 g/mol. The molecule has 1 N–H and O–H groups in total. The van der Waals surface area contributed by atoms with Gasteiger partial charge in [0.25, 0.3) is 0 Å². The Hall–Kier alpha value is -1.75. The maximum Gasteiger partial charge on any atom is 0.236 e. The molecule has 1 amide bonds. The van der Waals surface area contributed by atoms with Gasteiger partial charge in [0.15, 0.2) is 0 Å². The summed E-state index contributed by atoms with van der Waals surface area (Å²) in [4.78, 5) is 22.9. The fourth-order valence-corrected chi connectivity index (χ4v) is 3.95. The van der Waals surface area contributed by atoms with Crippen molar-refractivity contribution in [3.63, 3.8) is 0 Å². The lowest BCUT2D eigenvalue weighted by Gasteiger charge is -2.36. The van der Waals surface area contributed by atoms with E-state index in [1.807, 2.05) is 24.3 Å². The molecule has 1 aromatic carbocycles. The zero-order chi connectivity index (χ0) is 19.6. The Morgan fingerprint density at radius 2 is 1.96 bits per heavy atom. The number of nitrogens with zero attached hydrogens (tertiary/aromatic N) is 2. The Morgan fingerprint density at radius 1 is 1.26 bits per heavy atom. The zero-order valence-electron chi connectivity index (χ0n) is 17.1. The number of likely N-dealkylation sites (tertiary alicyclic amines) is 1. The highest BCUT2D eigenvalue weighted by molar-refractivity contribution is 7.99. The average Bonchev–Trinajstić information content (AvgIpc) is 3.16. The molecule has 0 spiro atoms. The van der Waals surface area contributed by atoms with Crippen LogP contribution in [0.3, 0.4) is 0 Å². The van der Waals surface area contributed by atoms with Crippen LogP contribution in [0.2, 0.25) is 0 Å². The van der Waals surface area contributed by atoms with Crippen molar-refractivity contribution < 1.29 is 4.79 Å². The molecule has 1 aliphatic rings. The summed E-state index contributed by atoms with van der Waals surface area (Å²) in [6, 6.07) is 8.73. The number of carbonyl (C=O) groups is 1. The van der Waals surface area contributed by atoms with Gasteiger partial charge in [-0.2, -0.15) is 11.8 Å². The van der Waals surface area contributed by atoms with Crippen molar-refractivity contribution in [3.05, 3.63) is 41.9 Å². The maximum atomic E-state index is 12.8. The number of hydrogen-bond donors (Lipinski definition) is 1. The summed E-state index contributed by atoms with van der Waals surface area (Å²) in [7, 11) is 0. The second-order valence-electron chi connectivity index (χ2n) is 8.43. The molecule has 2 aromatic rings. The van der Waals surface area contributed by atoms with Gasteiger partial charge in [0.05, 0.1) is 23.2 Å². The molecule has 27 heavy (non-hydrogen) atoms. The number of carbonyl (C=O) groups excluding carboxylic acids is 1. The summed E-state index contributed by atoms with van der Waals surface area (Å²) < 4.78 is 0. The van der Waals surface area contributed by atoms with Crippen LogP contribution in [0, 0.1) is 0 Å². The van der Waals surface area contributed by atoms with Gasteiger partial charge in [-0.15, -0.1) is 0 Å². The minimum Gasteiger partial charge on any atom is -0.340 e. The first-order valence-electron chi connectivity index (χ1n) is 9.80. The van der Waals surface area contributed by atoms with E-state index in [2.05, 4.69) is 55.0 Å². The van der Waals surface area contributed by atoms with Gasteiger partial charge < -0.3 is 9.88 Å². The predicted molar refractivity (Wildman–Crippen MR) is 114 cm³/mol. The van der Waals surface area contributed by atoms with Gasteiger partial charge in [0, 0.05) is 6.54 Å². The van der Waals surface area contributed by atoms with Crippen LogP contribution in [0.1, 0.15) is 64.4 Å². The fraction of sp³-hybridized carbons (Fsp3) is 0.545. The minimum atomic E-state index is -0.00928. The molecule has 1 aliphatic heterocycles. The van der Waals surface area contributed by atoms with Gasteiger partial charge in [0.1, 0.15) is 5.82 Å². The Balaban J connectivity index is 1.82. The topological polar surface area (TPSA) is 49.0 Å². The Labute approximate surface area is 167 Å². The molecule has 0 bridgehead atoms. The Kier molecular flexibility index (Phi) is 5.99. The van der Waals surface area contributed by atoms with Crippen LogP contribution in [0.15, 0.2) is 30.5 Å². The fourth-order valence-electron chi connectivity index (χ4n) is 3.62. The molecule has 1 fully saturated rings. The number of nitrogens with one attached hydrogen (secondary N) is 1. The van der Waals surface area contributed by atoms with E-state index < -0.39 is 0 Å². The van der Waals surface area contributed by atoms with E-state index in [0.29, 0.717) is 0 Å². The molecule has 2 atom stereocenters. The standard InChI is InChI=1S/C22H31N3OS/c1-15(27-5)21(26)25-13-7-6-8-19(25)20-23-14-18(24-20)16-9-11-17(12-10-16)22(2,3)4/h9-12,14-15,19H,6-8,13H2,1-5H3,(H,23,24). The van der Waals surface area contributed by atoms with Crippen molar-refractivity contribution in [1.82, 2.24) is 14.9 Å². The van der Waals surface area contributed by atoms with Crippen LogP contribution >= 0.6 is 11.8 Å². The van der Waals surface area contributed by atoms with Gasteiger partial charge in [-0.25, -0.2) is 4.98 Å². The predicted octanol–water partition coefficient (Wildman–Crippen LogP) is 5.18. The SMILES string of the molecule is CSC(C)C(=O)N1CCCCC1c1ncc(-c2ccc(C(C)(C)C)cc2)[nH]1. The summed E-state index contributed by atoms with van der Waals surface area (Å²) in [5.74, 6) is 1.13. The number of aromatic amines is 1. The number of amides is 1. The van der Waals surface area contributed by atoms with Crippen molar-refractivity contribution in [1.29, 1.82) is 0 Å². The second-order valence-corrected chi connectivity index (χ2v) is 9.61. The summed E-state index contributed by atoms with van der Waals surface area (Å²) in [6.07, 6.45) is 7.08. The normalized spacial score (nSPS) is 19.1. The van der Waals surface area contributed by atoms with Crippen molar-refractivity contribution in [2.45, 2.75) is 63.7 Å². The molecule has 0 aliphatic carbocycles. The van der Waals surface area contributed by atoms with Crippen molar-refractivity contribution in [2.24, 2.45) is 0 Å². The lowest BCUT2D eigenvalue weighted by Crippen LogP contribution is -2.42. The highest BCUT2D eigenvalue weighted by Gasteiger charge is 2.32. The van der Waals surface area contributed by atoms with Gasteiger partial charge >= 0.3 is 0 Å². The number of hydrogen-bond acceptors (Lipinski definition) is 3. The lowest BCUT2D eigenvalue weighted by atomic mass is 9.86. The Bertz CT molecular complexity index is 776. The third-order valence-corrected chi connectivity index (χ3v) is 6.37. The van der Waals surface area contributed by atoms with E-state index in [9.17, 15) is 4.79 Å². The molecule has 1 aromatic heterocycles. The van der Waals surface area contributed by atoms with E-state index in [1.54, 1.807) is 11.8 Å². The minimum absolute atomic E-state index is 0.00928. The molecule has 0 radical (unpaired) electrons. The highest BCUT2D eigenvalue weighted by Crippen LogP contribution is 2.32. The lowest BCUT2D eigenvalue weighted by molar-refractivity contribution is -0.134. The van der Waals surface area contributed by atoms with E-state index >= 15 is 0 Å². The number of benzene rings is 1. The van der Waals surface area contributed by atoms with E-state index in [-0.39, 0.29) is 22.6 Å². The third-order valence-electron chi connectivity index (χ3n) is 5.46. The van der Waals surface area contributed by atoms with Crippen LogP contribution in [0.5, 0.6) is 0 Å². The number of thioether (sulfide) groups is 1. The summed E-state index contributed by atoms with van der Waals surface area (Å²) in [5, 5.41) is -0.00928. The molecule has 3 rings (SSSR count). The number of aromatic nitrogens is 2. The molecule has 1 saturated heterocycles. The summed E-state index contributed by atoms with van der Waals surface area (Å²) in [6.45, 7) is 9.48. The van der Waals surface area contributed by atoms with E-state index in [1.165, 1.54) is 5.56 Å². The van der Waals surface area contributed by atoms with Crippen LogP contribution in [-0.4, -0.2) is 38.8 Å².